The molecule has 4 heteroatoms. The van der Waals surface area contributed by atoms with Crippen LogP contribution in [0, 0.1) is 13.8 Å². The fourth-order valence-corrected chi connectivity index (χ4v) is 1.99. The summed E-state index contributed by atoms with van der Waals surface area (Å²) in [4.78, 5) is 8.55. The van der Waals surface area contributed by atoms with Crippen molar-refractivity contribution in [3.05, 3.63) is 72.1 Å². The van der Waals surface area contributed by atoms with Crippen LogP contribution in [-0.2, 0) is 0 Å². The minimum atomic E-state index is 0.628. The van der Waals surface area contributed by atoms with Crippen molar-refractivity contribution in [1.29, 1.82) is 0 Å². The van der Waals surface area contributed by atoms with Gasteiger partial charge in [-0.1, -0.05) is 12.1 Å². The molecule has 3 aromatic rings. The smallest absolute Gasteiger partial charge is 0.222 e. The van der Waals surface area contributed by atoms with Crippen LogP contribution in [0.25, 0.3) is 0 Å². The Balaban J connectivity index is 1.70. The molecule has 0 radical (unpaired) electrons. The average Bonchev–Trinajstić information content (AvgIpc) is 2.54. The number of aryl methyl sites for hydroxylation is 2. The van der Waals surface area contributed by atoms with E-state index in [0.29, 0.717) is 5.88 Å². The van der Waals surface area contributed by atoms with Crippen LogP contribution in [0.4, 0.5) is 11.5 Å². The highest BCUT2D eigenvalue weighted by atomic mass is 16.5. The highest BCUT2D eigenvalue weighted by molar-refractivity contribution is 5.57. The van der Waals surface area contributed by atoms with Crippen LogP contribution in [0.15, 0.2) is 60.9 Å². The lowest BCUT2D eigenvalue weighted by molar-refractivity contribution is 0.459. The van der Waals surface area contributed by atoms with Crippen LogP contribution >= 0.6 is 0 Å². The quantitative estimate of drug-likeness (QED) is 0.761. The Bertz CT molecular complexity index is 752. The maximum Gasteiger partial charge on any atom is 0.222 e. The first-order chi connectivity index (χ1) is 10.7. The average molecular weight is 291 g/mol. The zero-order chi connectivity index (χ0) is 15.4. The van der Waals surface area contributed by atoms with Crippen molar-refractivity contribution in [2.75, 3.05) is 5.32 Å². The van der Waals surface area contributed by atoms with Crippen LogP contribution in [-0.4, -0.2) is 9.97 Å². The third kappa shape index (κ3) is 3.41. The van der Waals surface area contributed by atoms with Gasteiger partial charge in [0.2, 0.25) is 5.88 Å². The number of pyridine rings is 2. The molecule has 0 spiro atoms. The summed E-state index contributed by atoms with van der Waals surface area (Å²) in [5.74, 6) is 2.20. The summed E-state index contributed by atoms with van der Waals surface area (Å²) in [6.07, 6.45) is 3.56. The molecule has 3 rings (SSSR count). The van der Waals surface area contributed by atoms with E-state index in [2.05, 4.69) is 15.3 Å². The third-order valence-corrected chi connectivity index (χ3v) is 3.21. The monoisotopic (exact) mass is 291 g/mol. The molecule has 0 fully saturated rings. The van der Waals surface area contributed by atoms with E-state index in [1.807, 2.05) is 68.6 Å². The molecule has 1 N–H and O–H groups in total. The second kappa shape index (κ2) is 6.26. The maximum atomic E-state index is 5.78. The van der Waals surface area contributed by atoms with Gasteiger partial charge in [0.25, 0.3) is 0 Å². The van der Waals surface area contributed by atoms with Gasteiger partial charge >= 0.3 is 0 Å². The standard InChI is InChI=1S/C18H17N3O/c1-13-5-10-17(20-12-13)21-15-6-8-16(9-7-15)22-18-14(2)4-3-11-19-18/h3-12H,1-2H3,(H,20,21). The summed E-state index contributed by atoms with van der Waals surface area (Å²) < 4.78 is 5.78. The number of ether oxygens (including phenoxy) is 1. The fraction of sp³-hybridized carbons (Fsp3) is 0.111. The van der Waals surface area contributed by atoms with Gasteiger partial charge in [0.1, 0.15) is 11.6 Å². The zero-order valence-electron chi connectivity index (χ0n) is 12.6. The Morgan fingerprint density at radius 3 is 2.41 bits per heavy atom. The van der Waals surface area contributed by atoms with Gasteiger partial charge in [-0.3, -0.25) is 0 Å². The van der Waals surface area contributed by atoms with E-state index >= 15 is 0 Å². The van der Waals surface area contributed by atoms with Gasteiger partial charge < -0.3 is 10.1 Å². The van der Waals surface area contributed by atoms with E-state index in [4.69, 9.17) is 4.74 Å². The number of hydrogen-bond donors (Lipinski definition) is 1. The molecule has 2 heterocycles. The predicted octanol–water partition coefficient (Wildman–Crippen LogP) is 4.63. The van der Waals surface area contributed by atoms with Crippen molar-refractivity contribution in [3.8, 4) is 11.6 Å². The van der Waals surface area contributed by atoms with E-state index in [-0.39, 0.29) is 0 Å². The molecule has 0 aliphatic carbocycles. The van der Waals surface area contributed by atoms with Crippen molar-refractivity contribution < 1.29 is 4.74 Å². The van der Waals surface area contributed by atoms with Crippen molar-refractivity contribution in [2.45, 2.75) is 13.8 Å². The number of anilines is 2. The molecular formula is C18H17N3O. The zero-order valence-corrected chi connectivity index (χ0v) is 12.6. The van der Waals surface area contributed by atoms with Gasteiger partial charge in [0, 0.05) is 23.6 Å². The van der Waals surface area contributed by atoms with E-state index in [0.717, 1.165) is 28.4 Å². The number of aromatic nitrogens is 2. The van der Waals surface area contributed by atoms with Gasteiger partial charge in [-0.05, 0) is 55.8 Å². The second-order valence-corrected chi connectivity index (χ2v) is 5.10. The summed E-state index contributed by atoms with van der Waals surface area (Å²) >= 11 is 0. The van der Waals surface area contributed by atoms with E-state index < -0.39 is 0 Å². The van der Waals surface area contributed by atoms with Gasteiger partial charge in [0.15, 0.2) is 0 Å². The van der Waals surface area contributed by atoms with Crippen molar-refractivity contribution in [3.63, 3.8) is 0 Å². The topological polar surface area (TPSA) is 47.0 Å². The first kappa shape index (κ1) is 14.1. The number of nitrogens with zero attached hydrogens (tertiary/aromatic N) is 2. The Hall–Kier alpha value is -2.88. The molecule has 0 saturated carbocycles. The number of nitrogens with one attached hydrogen (secondary N) is 1. The second-order valence-electron chi connectivity index (χ2n) is 5.10. The van der Waals surface area contributed by atoms with Crippen molar-refractivity contribution in [2.24, 2.45) is 0 Å². The molecule has 0 atom stereocenters. The normalized spacial score (nSPS) is 10.3. The van der Waals surface area contributed by atoms with Gasteiger partial charge in [-0.2, -0.15) is 0 Å². The predicted molar refractivity (Wildman–Crippen MR) is 87.7 cm³/mol. The first-order valence-corrected chi connectivity index (χ1v) is 7.10. The van der Waals surface area contributed by atoms with Gasteiger partial charge in [-0.25, -0.2) is 9.97 Å². The summed E-state index contributed by atoms with van der Waals surface area (Å²) in [5, 5.41) is 3.25. The Kier molecular flexibility index (Phi) is 4.01. The van der Waals surface area contributed by atoms with E-state index in [1.165, 1.54) is 0 Å². The summed E-state index contributed by atoms with van der Waals surface area (Å²) in [5.41, 5.74) is 3.11. The van der Waals surface area contributed by atoms with E-state index in [1.54, 1.807) is 6.20 Å². The maximum absolute atomic E-state index is 5.78. The molecule has 0 bridgehead atoms. The highest BCUT2D eigenvalue weighted by Crippen LogP contribution is 2.24. The summed E-state index contributed by atoms with van der Waals surface area (Å²) in [6.45, 7) is 3.99. The lowest BCUT2D eigenvalue weighted by Gasteiger charge is -2.09. The Morgan fingerprint density at radius 2 is 1.73 bits per heavy atom. The molecule has 4 nitrogen and oxygen atoms in total. The summed E-state index contributed by atoms with van der Waals surface area (Å²) in [6, 6.07) is 15.6. The molecule has 2 aromatic heterocycles. The van der Waals surface area contributed by atoms with Crippen molar-refractivity contribution >= 4 is 11.5 Å². The lowest BCUT2D eigenvalue weighted by Crippen LogP contribution is -1.94. The lowest BCUT2D eigenvalue weighted by atomic mass is 10.3. The van der Waals surface area contributed by atoms with Gasteiger partial charge in [0.05, 0.1) is 0 Å². The molecular weight excluding hydrogens is 274 g/mol. The molecule has 0 aliphatic heterocycles. The number of hydrogen-bond acceptors (Lipinski definition) is 4. The molecule has 22 heavy (non-hydrogen) atoms. The first-order valence-electron chi connectivity index (χ1n) is 7.10. The molecule has 0 saturated heterocycles. The van der Waals surface area contributed by atoms with E-state index in [9.17, 15) is 0 Å². The molecule has 0 unspecified atom stereocenters. The molecule has 0 amide bonds. The van der Waals surface area contributed by atoms with Crippen LogP contribution in [0.2, 0.25) is 0 Å². The van der Waals surface area contributed by atoms with Crippen LogP contribution in [0.3, 0.4) is 0 Å². The minimum Gasteiger partial charge on any atom is -0.439 e. The minimum absolute atomic E-state index is 0.628. The largest absolute Gasteiger partial charge is 0.439 e. The molecule has 1 aromatic carbocycles. The van der Waals surface area contributed by atoms with Crippen LogP contribution in [0.1, 0.15) is 11.1 Å². The van der Waals surface area contributed by atoms with Crippen molar-refractivity contribution in [1.82, 2.24) is 9.97 Å². The highest BCUT2D eigenvalue weighted by Gasteiger charge is 2.02. The Labute approximate surface area is 129 Å². The van der Waals surface area contributed by atoms with Crippen LogP contribution < -0.4 is 10.1 Å². The number of rotatable bonds is 4. The molecule has 0 aliphatic rings. The van der Waals surface area contributed by atoms with Crippen LogP contribution in [0.5, 0.6) is 11.6 Å². The number of benzene rings is 1. The fourth-order valence-electron chi connectivity index (χ4n) is 1.99. The summed E-state index contributed by atoms with van der Waals surface area (Å²) in [7, 11) is 0. The Morgan fingerprint density at radius 1 is 0.909 bits per heavy atom. The SMILES string of the molecule is Cc1ccc(Nc2ccc(Oc3ncccc3C)cc2)nc1. The van der Waals surface area contributed by atoms with Gasteiger partial charge in [-0.15, -0.1) is 0 Å². The third-order valence-electron chi connectivity index (χ3n) is 3.21. The molecule has 110 valence electrons.